The van der Waals surface area contributed by atoms with Crippen LogP contribution in [0.3, 0.4) is 0 Å². The van der Waals surface area contributed by atoms with Crippen molar-refractivity contribution in [1.29, 1.82) is 0 Å². The summed E-state index contributed by atoms with van der Waals surface area (Å²) in [4.78, 5) is 4.34. The fourth-order valence-corrected chi connectivity index (χ4v) is 2.42. The van der Waals surface area contributed by atoms with Crippen LogP contribution >= 0.6 is 0 Å². The van der Waals surface area contributed by atoms with Crippen molar-refractivity contribution in [3.8, 4) is 0 Å². The molecule has 2 nitrogen and oxygen atoms in total. The lowest BCUT2D eigenvalue weighted by atomic mass is 9.79. The van der Waals surface area contributed by atoms with E-state index in [2.05, 4.69) is 50.0 Å². The molecule has 17 heavy (non-hydrogen) atoms. The molecule has 0 spiro atoms. The average molecular weight is 228 g/mol. The Morgan fingerprint density at radius 3 is 2.76 bits per heavy atom. The van der Waals surface area contributed by atoms with Crippen LogP contribution in [0.15, 0.2) is 36.5 Å². The Bertz CT molecular complexity index is 515. The molecule has 90 valence electrons. The fraction of sp³-hybridized carbons (Fsp3) is 0.400. The van der Waals surface area contributed by atoms with Gasteiger partial charge < -0.3 is 5.73 Å². The minimum Gasteiger partial charge on any atom is -0.328 e. The summed E-state index contributed by atoms with van der Waals surface area (Å²) in [6, 6.07) is 10.8. The van der Waals surface area contributed by atoms with E-state index >= 15 is 0 Å². The van der Waals surface area contributed by atoms with E-state index in [0.717, 1.165) is 11.9 Å². The Balaban J connectivity index is 2.42. The first-order valence-corrected chi connectivity index (χ1v) is 6.10. The van der Waals surface area contributed by atoms with Crippen molar-refractivity contribution in [3.63, 3.8) is 0 Å². The Labute approximate surface area is 103 Å². The number of rotatable bonds is 3. The number of pyridine rings is 1. The van der Waals surface area contributed by atoms with Crippen molar-refractivity contribution in [2.45, 2.75) is 38.6 Å². The van der Waals surface area contributed by atoms with Crippen molar-refractivity contribution in [3.05, 3.63) is 42.1 Å². The average Bonchev–Trinajstić information content (AvgIpc) is 2.26. The predicted molar refractivity (Wildman–Crippen MR) is 73.0 cm³/mol. The van der Waals surface area contributed by atoms with E-state index in [1.54, 1.807) is 0 Å². The van der Waals surface area contributed by atoms with Gasteiger partial charge in [0.15, 0.2) is 0 Å². The molecule has 2 heteroatoms. The third kappa shape index (κ3) is 2.64. The Kier molecular flexibility index (Phi) is 3.16. The zero-order valence-electron chi connectivity index (χ0n) is 10.8. The zero-order chi connectivity index (χ0) is 12.5. The second-order valence-corrected chi connectivity index (χ2v) is 5.48. The maximum Gasteiger partial charge on any atom is 0.0702 e. The summed E-state index contributed by atoms with van der Waals surface area (Å²) in [7, 11) is 0. The molecule has 0 aliphatic heterocycles. The smallest absolute Gasteiger partial charge is 0.0702 e. The van der Waals surface area contributed by atoms with Gasteiger partial charge in [-0.15, -0.1) is 0 Å². The molecule has 1 aromatic heterocycles. The van der Waals surface area contributed by atoms with Gasteiger partial charge in [-0.1, -0.05) is 26.0 Å². The largest absolute Gasteiger partial charge is 0.328 e. The maximum absolute atomic E-state index is 5.92. The highest BCUT2D eigenvalue weighted by Gasteiger charge is 2.22. The maximum atomic E-state index is 5.92. The standard InChI is InChI=1S/C15H20N2/c1-11(16)10-15(2,3)13-6-7-14-12(9-13)5-4-8-17-14/h4-9,11H,10,16H2,1-3H3. The van der Waals surface area contributed by atoms with E-state index in [4.69, 9.17) is 5.73 Å². The lowest BCUT2D eigenvalue weighted by Crippen LogP contribution is -2.28. The first kappa shape index (κ1) is 12.1. The van der Waals surface area contributed by atoms with Crippen molar-refractivity contribution in [1.82, 2.24) is 4.98 Å². The normalized spacial score (nSPS) is 13.9. The number of nitrogens with zero attached hydrogens (tertiary/aromatic N) is 1. The molecule has 2 rings (SSSR count). The molecule has 0 bridgehead atoms. The number of hydrogen-bond donors (Lipinski definition) is 1. The van der Waals surface area contributed by atoms with Crippen molar-refractivity contribution in [2.75, 3.05) is 0 Å². The first-order chi connectivity index (χ1) is 7.99. The van der Waals surface area contributed by atoms with Gasteiger partial charge in [0.1, 0.15) is 0 Å². The third-order valence-electron chi connectivity index (χ3n) is 3.22. The minimum absolute atomic E-state index is 0.109. The molecule has 1 heterocycles. The summed E-state index contributed by atoms with van der Waals surface area (Å²) in [6.07, 6.45) is 2.81. The van der Waals surface area contributed by atoms with Gasteiger partial charge >= 0.3 is 0 Å². The number of nitrogens with two attached hydrogens (primary N) is 1. The van der Waals surface area contributed by atoms with Gasteiger partial charge in [0.2, 0.25) is 0 Å². The van der Waals surface area contributed by atoms with Gasteiger partial charge in [0.25, 0.3) is 0 Å². The van der Waals surface area contributed by atoms with Gasteiger partial charge in [-0.2, -0.15) is 0 Å². The molecule has 0 saturated heterocycles. The molecule has 1 unspecified atom stereocenters. The van der Waals surface area contributed by atoms with Gasteiger partial charge in [-0.3, -0.25) is 4.98 Å². The van der Waals surface area contributed by atoms with Crippen molar-refractivity contribution >= 4 is 10.9 Å². The second kappa shape index (κ2) is 4.46. The highest BCUT2D eigenvalue weighted by Crippen LogP contribution is 2.29. The highest BCUT2D eigenvalue weighted by atomic mass is 14.6. The summed E-state index contributed by atoms with van der Waals surface area (Å²) in [5.41, 5.74) is 8.40. The molecule has 0 aliphatic rings. The summed E-state index contributed by atoms with van der Waals surface area (Å²) in [6.45, 7) is 6.55. The highest BCUT2D eigenvalue weighted by molar-refractivity contribution is 5.79. The Morgan fingerprint density at radius 1 is 1.29 bits per heavy atom. The Morgan fingerprint density at radius 2 is 2.06 bits per heavy atom. The Hall–Kier alpha value is -1.41. The lowest BCUT2D eigenvalue weighted by Gasteiger charge is -2.27. The minimum atomic E-state index is 0.109. The van der Waals surface area contributed by atoms with E-state index in [0.29, 0.717) is 0 Å². The van der Waals surface area contributed by atoms with Gasteiger partial charge in [-0.05, 0) is 42.5 Å². The van der Waals surface area contributed by atoms with E-state index < -0.39 is 0 Å². The predicted octanol–water partition coefficient (Wildman–Crippen LogP) is 3.25. The number of aromatic nitrogens is 1. The number of hydrogen-bond acceptors (Lipinski definition) is 2. The van der Waals surface area contributed by atoms with Crippen LogP contribution < -0.4 is 5.73 Å². The van der Waals surface area contributed by atoms with Crippen molar-refractivity contribution < 1.29 is 0 Å². The summed E-state index contributed by atoms with van der Waals surface area (Å²) < 4.78 is 0. The summed E-state index contributed by atoms with van der Waals surface area (Å²) in [5.74, 6) is 0. The van der Waals surface area contributed by atoms with Crippen LogP contribution in [0.4, 0.5) is 0 Å². The van der Waals surface area contributed by atoms with Crippen LogP contribution in [0, 0.1) is 0 Å². The topological polar surface area (TPSA) is 38.9 Å². The number of benzene rings is 1. The van der Waals surface area contributed by atoms with Gasteiger partial charge in [0, 0.05) is 17.6 Å². The molecule has 2 aromatic rings. The van der Waals surface area contributed by atoms with E-state index in [-0.39, 0.29) is 11.5 Å². The molecular weight excluding hydrogens is 208 g/mol. The molecular formula is C15H20N2. The fourth-order valence-electron chi connectivity index (χ4n) is 2.42. The van der Waals surface area contributed by atoms with Crippen LogP contribution in [0.1, 0.15) is 32.8 Å². The molecule has 0 radical (unpaired) electrons. The van der Waals surface area contributed by atoms with Crippen LogP contribution in [-0.4, -0.2) is 11.0 Å². The van der Waals surface area contributed by atoms with Crippen molar-refractivity contribution in [2.24, 2.45) is 5.73 Å². The first-order valence-electron chi connectivity index (χ1n) is 6.10. The molecule has 1 aromatic carbocycles. The van der Waals surface area contributed by atoms with Crippen LogP contribution in [-0.2, 0) is 5.41 Å². The molecule has 0 aliphatic carbocycles. The monoisotopic (exact) mass is 228 g/mol. The van der Waals surface area contributed by atoms with Gasteiger partial charge in [-0.25, -0.2) is 0 Å². The molecule has 1 atom stereocenters. The van der Waals surface area contributed by atoms with E-state index in [1.807, 2.05) is 12.3 Å². The van der Waals surface area contributed by atoms with Crippen LogP contribution in [0.25, 0.3) is 10.9 Å². The van der Waals surface area contributed by atoms with Gasteiger partial charge in [0.05, 0.1) is 5.52 Å². The quantitative estimate of drug-likeness (QED) is 0.875. The second-order valence-electron chi connectivity index (χ2n) is 5.48. The lowest BCUT2D eigenvalue weighted by molar-refractivity contribution is 0.438. The van der Waals surface area contributed by atoms with E-state index in [1.165, 1.54) is 10.9 Å². The van der Waals surface area contributed by atoms with E-state index in [9.17, 15) is 0 Å². The van der Waals surface area contributed by atoms with Crippen LogP contribution in [0.2, 0.25) is 0 Å². The number of fused-ring (bicyclic) bond motifs is 1. The SMILES string of the molecule is CC(N)CC(C)(C)c1ccc2ncccc2c1. The summed E-state index contributed by atoms with van der Waals surface area (Å²) in [5, 5.41) is 1.20. The third-order valence-corrected chi connectivity index (χ3v) is 3.22. The molecule has 0 amide bonds. The zero-order valence-corrected chi connectivity index (χ0v) is 10.8. The molecule has 0 saturated carbocycles. The summed E-state index contributed by atoms with van der Waals surface area (Å²) >= 11 is 0. The molecule has 0 fully saturated rings. The van der Waals surface area contributed by atoms with Crippen LogP contribution in [0.5, 0.6) is 0 Å². The molecule has 2 N–H and O–H groups in total.